The summed E-state index contributed by atoms with van der Waals surface area (Å²) in [4.78, 5) is 12.0. The number of nitrogens with one attached hydrogen (secondary N) is 2. The Labute approximate surface area is 114 Å². The van der Waals surface area contributed by atoms with Gasteiger partial charge in [0.15, 0.2) is 0 Å². The Kier molecular flexibility index (Phi) is 5.21. The first-order valence-electron chi connectivity index (χ1n) is 6.92. The fourth-order valence-electron chi connectivity index (χ4n) is 2.34. The number of hydrogen-bond acceptors (Lipinski definition) is 3. The molecule has 0 unspecified atom stereocenters. The van der Waals surface area contributed by atoms with Crippen molar-refractivity contribution in [2.24, 2.45) is 0 Å². The second kappa shape index (κ2) is 7.14. The number of carbonyl (C=O) groups is 1. The summed E-state index contributed by atoms with van der Waals surface area (Å²) in [7, 11) is 1.71. The van der Waals surface area contributed by atoms with E-state index in [4.69, 9.17) is 4.74 Å². The summed E-state index contributed by atoms with van der Waals surface area (Å²) in [5.41, 5.74) is 2.31. The number of hydrogen-bond donors (Lipinski definition) is 2. The lowest BCUT2D eigenvalue weighted by Gasteiger charge is -2.11. The summed E-state index contributed by atoms with van der Waals surface area (Å²) >= 11 is 0. The van der Waals surface area contributed by atoms with Crippen LogP contribution >= 0.6 is 0 Å². The van der Waals surface area contributed by atoms with E-state index in [9.17, 15) is 4.79 Å². The number of rotatable bonds is 7. The van der Waals surface area contributed by atoms with Crippen molar-refractivity contribution >= 4 is 11.6 Å². The van der Waals surface area contributed by atoms with E-state index in [2.05, 4.69) is 16.7 Å². The van der Waals surface area contributed by atoms with Crippen molar-refractivity contribution in [3.05, 3.63) is 29.8 Å². The number of fused-ring (bicyclic) bond motifs is 1. The third kappa shape index (κ3) is 3.96. The van der Waals surface area contributed by atoms with Crippen molar-refractivity contribution in [2.75, 3.05) is 25.6 Å². The van der Waals surface area contributed by atoms with E-state index in [0.717, 1.165) is 44.5 Å². The summed E-state index contributed by atoms with van der Waals surface area (Å²) in [5.74, 6) is 0.0999. The molecule has 0 radical (unpaired) electrons. The summed E-state index contributed by atoms with van der Waals surface area (Å²) < 4.78 is 4.99. The monoisotopic (exact) mass is 262 g/mol. The Morgan fingerprint density at radius 3 is 3.00 bits per heavy atom. The zero-order valence-corrected chi connectivity index (χ0v) is 11.4. The van der Waals surface area contributed by atoms with Crippen molar-refractivity contribution in [1.29, 1.82) is 0 Å². The molecule has 2 rings (SSSR count). The van der Waals surface area contributed by atoms with Crippen LogP contribution in [0.15, 0.2) is 24.3 Å². The second-order valence-corrected chi connectivity index (χ2v) is 4.90. The molecule has 4 nitrogen and oxygen atoms in total. The summed E-state index contributed by atoms with van der Waals surface area (Å²) in [6.07, 6.45) is 3.94. The van der Waals surface area contributed by atoms with E-state index < -0.39 is 0 Å². The normalized spacial score (nSPS) is 16.8. The third-order valence-corrected chi connectivity index (χ3v) is 3.41. The molecule has 1 aliphatic heterocycles. The molecule has 1 heterocycles. The van der Waals surface area contributed by atoms with Gasteiger partial charge in [0.1, 0.15) is 6.04 Å². The molecule has 0 fully saturated rings. The van der Waals surface area contributed by atoms with Gasteiger partial charge in [-0.15, -0.1) is 0 Å². The SMILES string of the molecule is COCCCCCNC(=O)[C@@H]1Cc2ccccc2N1. The molecule has 19 heavy (non-hydrogen) atoms. The Balaban J connectivity index is 1.66. The summed E-state index contributed by atoms with van der Waals surface area (Å²) in [6.45, 7) is 1.55. The van der Waals surface area contributed by atoms with Gasteiger partial charge in [-0.25, -0.2) is 0 Å². The highest BCUT2D eigenvalue weighted by atomic mass is 16.5. The quantitative estimate of drug-likeness (QED) is 0.739. The van der Waals surface area contributed by atoms with Crippen LogP contribution in [0, 0.1) is 0 Å². The topological polar surface area (TPSA) is 50.4 Å². The first-order valence-corrected chi connectivity index (χ1v) is 6.92. The molecule has 2 N–H and O–H groups in total. The van der Waals surface area contributed by atoms with E-state index in [1.54, 1.807) is 7.11 Å². The summed E-state index contributed by atoms with van der Waals surface area (Å²) in [5, 5.41) is 6.26. The second-order valence-electron chi connectivity index (χ2n) is 4.90. The zero-order chi connectivity index (χ0) is 13.5. The molecule has 0 saturated heterocycles. The smallest absolute Gasteiger partial charge is 0.242 e. The van der Waals surface area contributed by atoms with E-state index in [1.165, 1.54) is 5.56 Å². The van der Waals surface area contributed by atoms with Crippen LogP contribution in [0.2, 0.25) is 0 Å². The van der Waals surface area contributed by atoms with E-state index in [-0.39, 0.29) is 11.9 Å². The van der Waals surface area contributed by atoms with Crippen molar-refractivity contribution < 1.29 is 9.53 Å². The van der Waals surface area contributed by atoms with Crippen LogP contribution in [-0.4, -0.2) is 32.2 Å². The molecule has 0 aromatic heterocycles. The predicted molar refractivity (Wildman–Crippen MR) is 76.3 cm³/mol. The van der Waals surface area contributed by atoms with Gasteiger partial charge in [-0.2, -0.15) is 0 Å². The lowest BCUT2D eigenvalue weighted by molar-refractivity contribution is -0.121. The van der Waals surface area contributed by atoms with Gasteiger partial charge in [-0.05, 0) is 30.9 Å². The molecular weight excluding hydrogens is 240 g/mol. The fraction of sp³-hybridized carbons (Fsp3) is 0.533. The molecule has 0 spiro atoms. The van der Waals surface area contributed by atoms with Crippen molar-refractivity contribution in [1.82, 2.24) is 5.32 Å². The van der Waals surface area contributed by atoms with Gasteiger partial charge in [0.05, 0.1) is 0 Å². The van der Waals surface area contributed by atoms with Gasteiger partial charge >= 0.3 is 0 Å². The first-order chi connectivity index (χ1) is 9.31. The highest BCUT2D eigenvalue weighted by Crippen LogP contribution is 2.24. The average Bonchev–Trinajstić information content (AvgIpc) is 2.86. The van der Waals surface area contributed by atoms with Gasteiger partial charge in [0, 0.05) is 32.4 Å². The van der Waals surface area contributed by atoms with Gasteiger partial charge in [-0.3, -0.25) is 4.79 Å². The molecule has 1 aromatic rings. The Morgan fingerprint density at radius 1 is 1.37 bits per heavy atom. The van der Waals surface area contributed by atoms with E-state index >= 15 is 0 Å². The minimum absolute atomic E-state index is 0.0999. The Bertz CT molecular complexity index is 395. The van der Waals surface area contributed by atoms with Crippen molar-refractivity contribution in [3.63, 3.8) is 0 Å². The van der Waals surface area contributed by atoms with Crippen LogP contribution in [0.3, 0.4) is 0 Å². The van der Waals surface area contributed by atoms with Gasteiger partial charge < -0.3 is 15.4 Å². The zero-order valence-electron chi connectivity index (χ0n) is 11.4. The number of carbonyl (C=O) groups excluding carboxylic acids is 1. The number of methoxy groups -OCH3 is 1. The lowest BCUT2D eigenvalue weighted by atomic mass is 10.1. The lowest BCUT2D eigenvalue weighted by Crippen LogP contribution is -2.38. The largest absolute Gasteiger partial charge is 0.385 e. The number of benzene rings is 1. The Hall–Kier alpha value is -1.55. The first kappa shape index (κ1) is 13.9. The molecule has 0 aliphatic carbocycles. The maximum atomic E-state index is 12.0. The molecule has 104 valence electrons. The molecule has 1 amide bonds. The molecule has 0 saturated carbocycles. The van der Waals surface area contributed by atoms with Crippen LogP contribution in [-0.2, 0) is 16.0 Å². The van der Waals surface area contributed by atoms with Crippen LogP contribution < -0.4 is 10.6 Å². The highest BCUT2D eigenvalue weighted by Gasteiger charge is 2.25. The van der Waals surface area contributed by atoms with E-state index in [0.29, 0.717) is 0 Å². The van der Waals surface area contributed by atoms with Crippen LogP contribution in [0.4, 0.5) is 5.69 Å². The standard InChI is InChI=1S/C15H22N2O2/c1-19-10-6-2-5-9-16-15(18)14-11-12-7-3-4-8-13(12)17-14/h3-4,7-8,14,17H,2,5-6,9-11H2,1H3,(H,16,18)/t14-/m0/s1. The van der Waals surface area contributed by atoms with Crippen molar-refractivity contribution in [3.8, 4) is 0 Å². The number of ether oxygens (including phenoxy) is 1. The van der Waals surface area contributed by atoms with E-state index in [1.807, 2.05) is 18.2 Å². The number of anilines is 1. The average molecular weight is 262 g/mol. The molecule has 4 heteroatoms. The minimum atomic E-state index is -0.114. The van der Waals surface area contributed by atoms with Crippen molar-refractivity contribution in [2.45, 2.75) is 31.7 Å². The molecule has 1 aliphatic rings. The fourth-order valence-corrected chi connectivity index (χ4v) is 2.34. The molecule has 1 atom stereocenters. The number of amides is 1. The van der Waals surface area contributed by atoms with Gasteiger partial charge in [0.25, 0.3) is 0 Å². The minimum Gasteiger partial charge on any atom is -0.385 e. The Morgan fingerprint density at radius 2 is 2.21 bits per heavy atom. The van der Waals surface area contributed by atoms with Crippen LogP contribution in [0.5, 0.6) is 0 Å². The maximum absolute atomic E-state index is 12.0. The maximum Gasteiger partial charge on any atom is 0.242 e. The highest BCUT2D eigenvalue weighted by molar-refractivity contribution is 5.87. The molecular formula is C15H22N2O2. The van der Waals surface area contributed by atoms with Gasteiger partial charge in [-0.1, -0.05) is 18.2 Å². The molecule has 1 aromatic carbocycles. The van der Waals surface area contributed by atoms with Gasteiger partial charge in [0.2, 0.25) is 5.91 Å². The molecule has 0 bridgehead atoms. The van der Waals surface area contributed by atoms with Crippen LogP contribution in [0.25, 0.3) is 0 Å². The summed E-state index contributed by atoms with van der Waals surface area (Å²) in [6, 6.07) is 7.98. The third-order valence-electron chi connectivity index (χ3n) is 3.41. The number of unbranched alkanes of at least 4 members (excludes halogenated alkanes) is 2. The predicted octanol–water partition coefficient (Wildman–Crippen LogP) is 1.96. The number of para-hydroxylation sites is 1. The van der Waals surface area contributed by atoms with Crippen LogP contribution in [0.1, 0.15) is 24.8 Å².